The molecule has 2 heterocycles. The molecule has 4 nitrogen and oxygen atoms in total. The van der Waals surface area contributed by atoms with Crippen molar-refractivity contribution in [3.8, 4) is 0 Å². The van der Waals surface area contributed by atoms with Crippen LogP contribution >= 0.6 is 23.4 Å². The predicted molar refractivity (Wildman–Crippen MR) is 100 cm³/mol. The number of hydrogen-bond donors (Lipinski definition) is 1. The third kappa shape index (κ3) is 3.01. The molecular weight excluding hydrogens is 342 g/mol. The van der Waals surface area contributed by atoms with Crippen LogP contribution in [0.15, 0.2) is 52.2 Å². The topological polar surface area (TPSA) is 49.0 Å². The Bertz CT molecular complexity index is 956. The van der Waals surface area contributed by atoms with Gasteiger partial charge in [0.25, 0.3) is 5.56 Å². The minimum atomic E-state index is -0.121. The fourth-order valence-electron chi connectivity index (χ4n) is 2.98. The summed E-state index contributed by atoms with van der Waals surface area (Å²) < 4.78 is 0. The zero-order valence-electron chi connectivity index (χ0n) is 13.0. The van der Waals surface area contributed by atoms with Crippen LogP contribution in [0.5, 0.6) is 0 Å². The molecule has 122 valence electrons. The fourth-order valence-corrected chi connectivity index (χ4v) is 4.16. The second kappa shape index (κ2) is 6.49. The monoisotopic (exact) mass is 357 g/mol. The van der Waals surface area contributed by atoms with Gasteiger partial charge in [0.15, 0.2) is 0 Å². The SMILES string of the molecule is O=c1[nH]c(CN2CCCSc3ccccc32)nc2cc(Cl)ccc12. The van der Waals surface area contributed by atoms with Crippen LogP contribution in [-0.4, -0.2) is 22.3 Å². The molecule has 1 aromatic heterocycles. The molecule has 1 aliphatic rings. The molecular formula is C18H16ClN3OS. The Balaban J connectivity index is 1.73. The van der Waals surface area contributed by atoms with Crippen molar-refractivity contribution >= 4 is 40.0 Å². The van der Waals surface area contributed by atoms with E-state index in [0.29, 0.717) is 28.3 Å². The number of H-pyrrole nitrogens is 1. The molecule has 0 saturated carbocycles. The van der Waals surface area contributed by atoms with Crippen LogP contribution in [0.4, 0.5) is 5.69 Å². The molecule has 0 radical (unpaired) electrons. The first kappa shape index (κ1) is 15.5. The van der Waals surface area contributed by atoms with Gasteiger partial charge in [0.1, 0.15) is 5.82 Å². The average Bonchev–Trinajstić information content (AvgIpc) is 2.77. The van der Waals surface area contributed by atoms with Crippen LogP contribution in [0.2, 0.25) is 5.02 Å². The van der Waals surface area contributed by atoms with Gasteiger partial charge in [-0.05, 0) is 42.5 Å². The highest BCUT2D eigenvalue weighted by molar-refractivity contribution is 7.99. The van der Waals surface area contributed by atoms with Gasteiger partial charge >= 0.3 is 0 Å². The number of hydrogen-bond acceptors (Lipinski definition) is 4. The fraction of sp³-hybridized carbons (Fsp3) is 0.222. The quantitative estimate of drug-likeness (QED) is 0.750. The van der Waals surface area contributed by atoms with Gasteiger partial charge < -0.3 is 9.88 Å². The van der Waals surface area contributed by atoms with Gasteiger partial charge in [0.2, 0.25) is 0 Å². The first-order valence-corrected chi connectivity index (χ1v) is 9.22. The lowest BCUT2D eigenvalue weighted by Crippen LogP contribution is -2.26. The van der Waals surface area contributed by atoms with Crippen molar-refractivity contribution < 1.29 is 0 Å². The zero-order chi connectivity index (χ0) is 16.5. The summed E-state index contributed by atoms with van der Waals surface area (Å²) in [6.07, 6.45) is 1.10. The lowest BCUT2D eigenvalue weighted by molar-refractivity contribution is 0.739. The Labute approximate surface area is 148 Å². The van der Waals surface area contributed by atoms with Gasteiger partial charge in [0.05, 0.1) is 23.1 Å². The number of para-hydroxylation sites is 1. The number of aromatic amines is 1. The highest BCUT2D eigenvalue weighted by Gasteiger charge is 2.17. The number of fused-ring (bicyclic) bond motifs is 2. The van der Waals surface area contributed by atoms with E-state index in [0.717, 1.165) is 18.7 Å². The van der Waals surface area contributed by atoms with Crippen LogP contribution in [0.3, 0.4) is 0 Å². The van der Waals surface area contributed by atoms with Crippen molar-refractivity contribution in [2.24, 2.45) is 0 Å². The van der Waals surface area contributed by atoms with Crippen molar-refractivity contribution in [2.75, 3.05) is 17.2 Å². The number of aromatic nitrogens is 2. The second-order valence-corrected chi connectivity index (χ2v) is 7.34. The van der Waals surface area contributed by atoms with E-state index in [9.17, 15) is 4.79 Å². The first-order valence-electron chi connectivity index (χ1n) is 7.86. The third-order valence-corrected chi connectivity index (χ3v) is 5.48. The maximum absolute atomic E-state index is 12.3. The third-order valence-electron chi connectivity index (χ3n) is 4.09. The number of nitrogens with one attached hydrogen (secondary N) is 1. The Morgan fingerprint density at radius 3 is 3.04 bits per heavy atom. The number of anilines is 1. The van der Waals surface area contributed by atoms with E-state index in [2.05, 4.69) is 33.1 Å². The van der Waals surface area contributed by atoms with E-state index >= 15 is 0 Å². The molecule has 0 saturated heterocycles. The van der Waals surface area contributed by atoms with E-state index in [1.807, 2.05) is 17.8 Å². The molecule has 0 spiro atoms. The van der Waals surface area contributed by atoms with Crippen molar-refractivity contribution in [3.63, 3.8) is 0 Å². The molecule has 0 unspecified atom stereocenters. The van der Waals surface area contributed by atoms with E-state index in [1.165, 1.54) is 10.6 Å². The summed E-state index contributed by atoms with van der Waals surface area (Å²) >= 11 is 7.92. The molecule has 1 aliphatic heterocycles. The van der Waals surface area contributed by atoms with Gasteiger partial charge in [0, 0.05) is 16.5 Å². The maximum atomic E-state index is 12.3. The summed E-state index contributed by atoms with van der Waals surface area (Å²) in [7, 11) is 0. The highest BCUT2D eigenvalue weighted by Crippen LogP contribution is 2.34. The van der Waals surface area contributed by atoms with Crippen LogP contribution in [0, 0.1) is 0 Å². The smallest absolute Gasteiger partial charge is 0.258 e. The minimum Gasteiger partial charge on any atom is -0.363 e. The molecule has 0 atom stereocenters. The standard InChI is InChI=1S/C18H16ClN3OS/c19-12-6-7-13-14(10-12)20-17(21-18(13)23)11-22-8-3-9-24-16-5-2-1-4-15(16)22/h1-2,4-7,10H,3,8-9,11H2,(H,20,21,23). The normalized spacial score (nSPS) is 14.5. The lowest BCUT2D eigenvalue weighted by atomic mass is 10.2. The van der Waals surface area contributed by atoms with Crippen molar-refractivity contribution in [1.29, 1.82) is 0 Å². The van der Waals surface area contributed by atoms with Crippen molar-refractivity contribution in [3.05, 3.63) is 63.7 Å². The van der Waals surface area contributed by atoms with Gasteiger partial charge in [-0.25, -0.2) is 4.98 Å². The van der Waals surface area contributed by atoms with Gasteiger partial charge in [-0.3, -0.25) is 4.79 Å². The first-order chi connectivity index (χ1) is 11.7. The molecule has 0 bridgehead atoms. The summed E-state index contributed by atoms with van der Waals surface area (Å²) in [6, 6.07) is 13.6. The largest absolute Gasteiger partial charge is 0.363 e. The van der Waals surface area contributed by atoms with E-state index in [4.69, 9.17) is 11.6 Å². The number of nitrogens with zero attached hydrogens (tertiary/aromatic N) is 2. The van der Waals surface area contributed by atoms with E-state index in [-0.39, 0.29) is 5.56 Å². The molecule has 4 rings (SSSR count). The van der Waals surface area contributed by atoms with Gasteiger partial charge in [-0.2, -0.15) is 0 Å². The van der Waals surface area contributed by atoms with Gasteiger partial charge in [-0.1, -0.05) is 23.7 Å². The second-order valence-electron chi connectivity index (χ2n) is 5.77. The molecule has 1 N–H and O–H groups in total. The molecule has 0 amide bonds. The molecule has 3 aromatic rings. The van der Waals surface area contributed by atoms with Crippen molar-refractivity contribution in [2.45, 2.75) is 17.9 Å². The van der Waals surface area contributed by atoms with Crippen LogP contribution in [0.25, 0.3) is 10.9 Å². The van der Waals surface area contributed by atoms with Crippen molar-refractivity contribution in [1.82, 2.24) is 9.97 Å². The molecule has 0 fully saturated rings. The Kier molecular flexibility index (Phi) is 4.21. The molecule has 6 heteroatoms. The number of rotatable bonds is 2. The van der Waals surface area contributed by atoms with E-state index < -0.39 is 0 Å². The Hall–Kier alpha value is -1.98. The molecule has 0 aliphatic carbocycles. The minimum absolute atomic E-state index is 0.121. The zero-order valence-corrected chi connectivity index (χ0v) is 14.5. The summed E-state index contributed by atoms with van der Waals surface area (Å²) in [4.78, 5) is 23.4. The van der Waals surface area contributed by atoms with E-state index in [1.54, 1.807) is 18.2 Å². The summed E-state index contributed by atoms with van der Waals surface area (Å²) in [5.41, 5.74) is 1.72. The summed E-state index contributed by atoms with van der Waals surface area (Å²) in [6.45, 7) is 1.52. The predicted octanol–water partition coefficient (Wildman–Crippen LogP) is 4.08. The van der Waals surface area contributed by atoms with Gasteiger partial charge in [-0.15, -0.1) is 11.8 Å². The summed E-state index contributed by atoms with van der Waals surface area (Å²) in [5, 5.41) is 1.15. The lowest BCUT2D eigenvalue weighted by Gasteiger charge is -2.24. The summed E-state index contributed by atoms with van der Waals surface area (Å²) in [5.74, 6) is 1.77. The van der Waals surface area contributed by atoms with Crippen LogP contribution in [0.1, 0.15) is 12.2 Å². The Morgan fingerprint density at radius 1 is 1.25 bits per heavy atom. The molecule has 24 heavy (non-hydrogen) atoms. The number of benzene rings is 2. The van der Waals surface area contributed by atoms with Crippen LogP contribution in [-0.2, 0) is 6.54 Å². The molecule has 2 aromatic carbocycles. The highest BCUT2D eigenvalue weighted by atomic mass is 35.5. The maximum Gasteiger partial charge on any atom is 0.258 e. The average molecular weight is 358 g/mol. The number of thioether (sulfide) groups is 1. The van der Waals surface area contributed by atoms with Crippen LogP contribution < -0.4 is 10.5 Å². The Morgan fingerprint density at radius 2 is 2.12 bits per heavy atom. The number of halogens is 1.